The molecule has 1 N–H and O–H groups in total. The number of anilines is 1. The minimum Gasteiger partial charge on any atom is -0.380 e. The van der Waals surface area contributed by atoms with E-state index in [1.165, 1.54) is 18.9 Å². The summed E-state index contributed by atoms with van der Waals surface area (Å²) in [5.41, 5.74) is 1.29. The number of nitro benzene ring substituents is 1. The van der Waals surface area contributed by atoms with Crippen LogP contribution < -0.4 is 5.32 Å². The zero-order chi connectivity index (χ0) is 14.1. The Kier molecular flexibility index (Phi) is 3.25. The maximum Gasteiger partial charge on any atom is 0.300 e. The molecule has 1 atom stereocenters. The van der Waals surface area contributed by atoms with E-state index in [4.69, 9.17) is 0 Å². The molecule has 20 heavy (non-hydrogen) atoms. The maximum absolute atomic E-state index is 10.9. The first-order valence-electron chi connectivity index (χ1n) is 6.85. The van der Waals surface area contributed by atoms with Crippen LogP contribution >= 0.6 is 0 Å². The van der Waals surface area contributed by atoms with Gasteiger partial charge >= 0.3 is 5.69 Å². The second-order valence-corrected chi connectivity index (χ2v) is 5.28. The van der Waals surface area contributed by atoms with E-state index in [1.54, 1.807) is 6.07 Å². The molecule has 0 bridgehead atoms. The summed E-state index contributed by atoms with van der Waals surface area (Å²) in [6.45, 7) is 2.13. The van der Waals surface area contributed by atoms with Crippen molar-refractivity contribution in [2.24, 2.45) is 5.92 Å². The minimum atomic E-state index is -0.474. The van der Waals surface area contributed by atoms with Gasteiger partial charge in [0.05, 0.1) is 10.6 Å². The van der Waals surface area contributed by atoms with E-state index in [2.05, 4.69) is 27.2 Å². The van der Waals surface area contributed by atoms with Crippen LogP contribution in [0.4, 0.5) is 11.4 Å². The van der Waals surface area contributed by atoms with Gasteiger partial charge < -0.3 is 5.32 Å². The lowest BCUT2D eigenvalue weighted by Gasteiger charge is -2.17. The number of benzene rings is 1. The van der Waals surface area contributed by atoms with Crippen LogP contribution in [-0.2, 0) is 0 Å². The lowest BCUT2D eigenvalue weighted by molar-refractivity contribution is -0.383. The van der Waals surface area contributed by atoms with Crippen molar-refractivity contribution in [3.05, 3.63) is 22.2 Å². The smallest absolute Gasteiger partial charge is 0.300 e. The van der Waals surface area contributed by atoms with Gasteiger partial charge in [0.2, 0.25) is 5.52 Å². The summed E-state index contributed by atoms with van der Waals surface area (Å²) in [6, 6.07) is 3.47. The molecule has 1 aliphatic carbocycles. The quantitative estimate of drug-likeness (QED) is 0.643. The Morgan fingerprint density at radius 1 is 1.45 bits per heavy atom. The summed E-state index contributed by atoms with van der Waals surface area (Å²) in [4.78, 5) is 10.5. The summed E-state index contributed by atoms with van der Waals surface area (Å²) < 4.78 is 4.66. The third-order valence-corrected chi connectivity index (χ3v) is 3.76. The summed E-state index contributed by atoms with van der Waals surface area (Å²) in [6.07, 6.45) is 4.74. The molecule has 7 nitrogen and oxygen atoms in total. The topological polar surface area (TPSA) is 94.1 Å². The number of rotatable bonds is 6. The van der Waals surface area contributed by atoms with Crippen molar-refractivity contribution < 1.29 is 9.55 Å². The summed E-state index contributed by atoms with van der Waals surface area (Å²) in [7, 11) is 0. The molecule has 3 rings (SSSR count). The van der Waals surface area contributed by atoms with Crippen LogP contribution in [0.25, 0.3) is 11.0 Å². The number of nitrogens with zero attached hydrogens (tertiary/aromatic N) is 3. The average Bonchev–Trinajstić information content (AvgIpc) is 3.11. The zero-order valence-electron chi connectivity index (χ0n) is 11.2. The van der Waals surface area contributed by atoms with Crippen molar-refractivity contribution in [1.29, 1.82) is 0 Å². The lowest BCUT2D eigenvalue weighted by atomic mass is 10.1. The second-order valence-electron chi connectivity index (χ2n) is 5.28. The maximum atomic E-state index is 10.9. The largest absolute Gasteiger partial charge is 0.380 e. The highest BCUT2D eigenvalue weighted by Gasteiger charge is 2.26. The number of nitro groups is 1. The van der Waals surface area contributed by atoms with Gasteiger partial charge in [-0.05, 0) is 35.1 Å². The Morgan fingerprint density at radius 3 is 2.85 bits per heavy atom. The van der Waals surface area contributed by atoms with Crippen LogP contribution in [0.1, 0.15) is 32.6 Å². The van der Waals surface area contributed by atoms with E-state index in [0.29, 0.717) is 11.6 Å². The van der Waals surface area contributed by atoms with Gasteiger partial charge in [-0.1, -0.05) is 19.8 Å². The van der Waals surface area contributed by atoms with Crippen molar-refractivity contribution >= 4 is 22.4 Å². The van der Waals surface area contributed by atoms with Crippen molar-refractivity contribution in [3.8, 4) is 0 Å². The molecule has 1 saturated carbocycles. The van der Waals surface area contributed by atoms with Crippen molar-refractivity contribution in [3.63, 3.8) is 0 Å². The first kappa shape index (κ1) is 12.8. The van der Waals surface area contributed by atoms with Crippen LogP contribution in [0.15, 0.2) is 16.8 Å². The molecule has 1 aromatic carbocycles. The Bertz CT molecular complexity index is 636. The molecule has 0 saturated heterocycles. The van der Waals surface area contributed by atoms with Crippen LogP contribution in [0.5, 0.6) is 0 Å². The molecule has 7 heteroatoms. The van der Waals surface area contributed by atoms with Gasteiger partial charge in [0.25, 0.3) is 0 Å². The Hall–Kier alpha value is -2.18. The minimum absolute atomic E-state index is 0.0814. The average molecular weight is 276 g/mol. The number of hydrogen-bond donors (Lipinski definition) is 1. The fourth-order valence-corrected chi connectivity index (χ4v) is 2.42. The van der Waals surface area contributed by atoms with Crippen molar-refractivity contribution in [2.45, 2.75) is 38.6 Å². The molecule has 0 aliphatic heterocycles. The highest BCUT2D eigenvalue weighted by Crippen LogP contribution is 2.36. The predicted molar refractivity (Wildman–Crippen MR) is 73.5 cm³/mol. The van der Waals surface area contributed by atoms with Gasteiger partial charge in [-0.3, -0.25) is 10.1 Å². The van der Waals surface area contributed by atoms with E-state index in [1.807, 2.05) is 0 Å². The number of non-ortho nitro benzene ring substituents is 1. The van der Waals surface area contributed by atoms with E-state index >= 15 is 0 Å². The number of hydrogen-bond acceptors (Lipinski definition) is 6. The molecule has 1 unspecified atom stereocenters. The van der Waals surface area contributed by atoms with Crippen LogP contribution in [0.2, 0.25) is 0 Å². The Morgan fingerprint density at radius 2 is 2.20 bits per heavy atom. The van der Waals surface area contributed by atoms with Crippen molar-refractivity contribution in [1.82, 2.24) is 10.3 Å². The molecule has 1 aliphatic rings. The number of fused-ring (bicyclic) bond motifs is 1. The van der Waals surface area contributed by atoms with Crippen LogP contribution in [0.3, 0.4) is 0 Å². The number of aromatic nitrogens is 2. The fourth-order valence-electron chi connectivity index (χ4n) is 2.42. The summed E-state index contributed by atoms with van der Waals surface area (Å²) in [5, 5.41) is 21.8. The molecule has 0 amide bonds. The first-order valence-corrected chi connectivity index (χ1v) is 6.85. The molecular weight excluding hydrogens is 260 g/mol. The predicted octanol–water partition coefficient (Wildman–Crippen LogP) is 3.12. The molecule has 106 valence electrons. The first-order chi connectivity index (χ1) is 9.69. The van der Waals surface area contributed by atoms with Gasteiger partial charge in [0.15, 0.2) is 5.52 Å². The second kappa shape index (κ2) is 5.07. The van der Waals surface area contributed by atoms with Gasteiger partial charge in [-0.25, -0.2) is 4.63 Å². The molecule has 1 heterocycles. The van der Waals surface area contributed by atoms with E-state index in [9.17, 15) is 10.1 Å². The van der Waals surface area contributed by atoms with Gasteiger partial charge in [0.1, 0.15) is 0 Å². The highest BCUT2D eigenvalue weighted by atomic mass is 16.6. The van der Waals surface area contributed by atoms with Crippen LogP contribution in [0, 0.1) is 16.0 Å². The van der Waals surface area contributed by atoms with Gasteiger partial charge in [-0.2, -0.15) is 0 Å². The lowest BCUT2D eigenvalue weighted by Crippen LogP contribution is -2.19. The monoisotopic (exact) mass is 276 g/mol. The molecule has 0 spiro atoms. The molecular formula is C13H16N4O3. The van der Waals surface area contributed by atoms with E-state index in [-0.39, 0.29) is 11.2 Å². The summed E-state index contributed by atoms with van der Waals surface area (Å²) in [5.74, 6) is 0.816. The Labute approximate surface area is 115 Å². The molecule has 1 aromatic heterocycles. The van der Waals surface area contributed by atoms with Gasteiger partial charge in [-0.15, -0.1) is 0 Å². The fraction of sp³-hybridized carbons (Fsp3) is 0.538. The van der Waals surface area contributed by atoms with E-state index < -0.39 is 4.92 Å². The number of nitrogens with one attached hydrogen (secondary N) is 1. The third-order valence-electron chi connectivity index (χ3n) is 3.76. The Balaban J connectivity index is 1.89. The van der Waals surface area contributed by atoms with E-state index in [0.717, 1.165) is 24.4 Å². The van der Waals surface area contributed by atoms with Crippen LogP contribution in [-0.4, -0.2) is 21.3 Å². The van der Waals surface area contributed by atoms with Crippen molar-refractivity contribution in [2.75, 3.05) is 5.32 Å². The SMILES string of the molecule is CCC(CC1CC1)Nc1ccc([N+](=O)[O-])c2nonc12. The zero-order valence-corrected chi connectivity index (χ0v) is 11.2. The summed E-state index contributed by atoms with van der Waals surface area (Å²) >= 11 is 0. The van der Waals surface area contributed by atoms with Gasteiger partial charge in [0, 0.05) is 12.1 Å². The highest BCUT2D eigenvalue weighted by molar-refractivity contribution is 5.93. The molecule has 0 radical (unpaired) electrons. The molecule has 1 fully saturated rings. The molecule has 2 aromatic rings. The third kappa shape index (κ3) is 2.43. The standard InChI is InChI=1S/C13H16N4O3/c1-2-9(7-8-3-4-8)14-10-5-6-11(17(18)19)13-12(10)15-20-16-13/h5-6,8-9,14H,2-4,7H2,1H3. The normalized spacial score (nSPS) is 16.2.